The number of benzene rings is 2. The number of aryl methyl sites for hydroxylation is 2. The number of fused-ring (bicyclic) bond motifs is 5. The summed E-state index contributed by atoms with van der Waals surface area (Å²) in [5.41, 5.74) is 3.01. The molecule has 2 aliphatic heterocycles. The third kappa shape index (κ3) is 4.39. The fourth-order valence-electron chi connectivity index (χ4n) is 8.05. The summed E-state index contributed by atoms with van der Waals surface area (Å²) in [5.74, 6) is -0.237. The minimum Gasteiger partial charge on any atom is -0.313 e. The Labute approximate surface area is 308 Å². The maximum absolute atomic E-state index is 14.9. The molecule has 1 saturated carbocycles. The van der Waals surface area contributed by atoms with Crippen LogP contribution in [0, 0.1) is 0 Å². The first-order valence-corrected chi connectivity index (χ1v) is 20.9. The van der Waals surface area contributed by atoms with Gasteiger partial charge in [-0.25, -0.2) is 25.8 Å². The molecule has 3 aliphatic rings. The Balaban J connectivity index is 1.41. The molecule has 13 nitrogen and oxygen atoms in total. The fourth-order valence-corrected chi connectivity index (χ4v) is 13.5. The molecule has 1 unspecified atom stereocenters. The second-order valence-electron chi connectivity index (χ2n) is 13.8. The van der Waals surface area contributed by atoms with Crippen LogP contribution in [-0.2, 0) is 44.4 Å². The highest BCUT2D eigenvalue weighted by Crippen LogP contribution is 2.56. The number of nitrogens with zero attached hydrogens (tertiary/aromatic N) is 8. The molecule has 2 aromatic carbocycles. The number of hydrogen-bond donors (Lipinski definition) is 0. The Morgan fingerprint density at radius 3 is 2.35 bits per heavy atom. The minimum atomic E-state index is -4.29. The van der Waals surface area contributed by atoms with Crippen LogP contribution in [0.4, 0.5) is 5.69 Å². The number of carbonyl (C=O) groups excluding carboxylic acids is 1. The van der Waals surface area contributed by atoms with Gasteiger partial charge >= 0.3 is 0 Å². The van der Waals surface area contributed by atoms with Gasteiger partial charge in [0.15, 0.2) is 5.65 Å². The number of pyridine rings is 1. The number of hydrogen-bond acceptors (Lipinski definition) is 8. The molecule has 16 heteroatoms. The van der Waals surface area contributed by atoms with E-state index in [1.807, 2.05) is 25.2 Å². The third-order valence-corrected chi connectivity index (χ3v) is 17.3. The molecule has 0 N–H and O–H groups in total. The fraction of sp³-hybridized carbons (Fsp3) is 0.314. The first-order valence-electron chi connectivity index (χ1n) is 16.5. The number of sulfonamides is 1. The van der Waals surface area contributed by atoms with Gasteiger partial charge in [-0.15, -0.1) is 0 Å². The van der Waals surface area contributed by atoms with E-state index in [1.165, 1.54) is 8.28 Å². The minimum absolute atomic E-state index is 0.0388. The smallest absolute Gasteiger partial charge is 0.269 e. The highest BCUT2D eigenvalue weighted by atomic mass is 127. The van der Waals surface area contributed by atoms with Crippen molar-refractivity contribution in [2.45, 2.75) is 34.3 Å². The monoisotopic (exact) mass is 836 g/mol. The van der Waals surface area contributed by atoms with Crippen LogP contribution >= 0.6 is 22.6 Å². The van der Waals surface area contributed by atoms with Crippen molar-refractivity contribution in [3.05, 3.63) is 78.9 Å². The van der Waals surface area contributed by atoms with Crippen LogP contribution in [0.3, 0.4) is 0 Å². The van der Waals surface area contributed by atoms with Crippen LogP contribution in [0.1, 0.15) is 24.8 Å². The number of carbonyl (C=O) groups is 1. The molecule has 6 heterocycles. The van der Waals surface area contributed by atoms with Crippen molar-refractivity contribution in [3.8, 4) is 22.4 Å². The standard InChI is InChI=1S/C35H33IN8O5S2/c1-40-19-24(17-38-40)31-28(22-9-10-26-23(15-22)16-39-42(26)3)29-30-27(18-37-32(29)44(31)50(46,47)25-7-5-4-6-8-25)41(2)33(45)35(30)13-14-43(21-35)51(48,49)34(20-36)11-12-34/h4-10,15-19H,11-14,20-21H2,1-3H3. The van der Waals surface area contributed by atoms with Crippen molar-refractivity contribution in [2.75, 3.05) is 29.5 Å². The molecule has 9 rings (SSSR count). The van der Waals surface area contributed by atoms with E-state index in [2.05, 4.69) is 32.8 Å². The molecule has 6 aromatic rings. The predicted molar refractivity (Wildman–Crippen MR) is 202 cm³/mol. The molecule has 2 fully saturated rings. The van der Waals surface area contributed by atoms with Gasteiger partial charge in [-0.05, 0) is 49.1 Å². The summed E-state index contributed by atoms with van der Waals surface area (Å²) in [5, 5.41) is 10.2. The van der Waals surface area contributed by atoms with Gasteiger partial charge < -0.3 is 4.90 Å². The molecule has 1 atom stereocenters. The van der Waals surface area contributed by atoms with Crippen molar-refractivity contribution >= 4 is 76.2 Å². The molecular weight excluding hydrogens is 803 g/mol. The molecule has 4 aromatic heterocycles. The van der Waals surface area contributed by atoms with Crippen LogP contribution in [0.5, 0.6) is 0 Å². The van der Waals surface area contributed by atoms with E-state index in [1.54, 1.807) is 83.5 Å². The lowest BCUT2D eigenvalue weighted by atomic mass is 9.78. The van der Waals surface area contributed by atoms with Crippen molar-refractivity contribution in [1.82, 2.24) is 32.8 Å². The molecule has 1 spiro atoms. The Morgan fingerprint density at radius 2 is 1.67 bits per heavy atom. The van der Waals surface area contributed by atoms with E-state index >= 15 is 0 Å². The third-order valence-electron chi connectivity index (χ3n) is 10.9. The summed E-state index contributed by atoms with van der Waals surface area (Å²) in [6.07, 6.45) is 8.11. The first-order chi connectivity index (χ1) is 24.3. The van der Waals surface area contributed by atoms with E-state index in [4.69, 9.17) is 4.98 Å². The largest absolute Gasteiger partial charge is 0.313 e. The lowest BCUT2D eigenvalue weighted by molar-refractivity contribution is -0.122. The van der Waals surface area contributed by atoms with Gasteiger partial charge in [0.25, 0.3) is 10.0 Å². The Morgan fingerprint density at radius 1 is 0.902 bits per heavy atom. The van der Waals surface area contributed by atoms with Crippen LogP contribution in [0.15, 0.2) is 78.2 Å². The van der Waals surface area contributed by atoms with Crippen molar-refractivity contribution in [2.24, 2.45) is 14.1 Å². The second kappa shape index (κ2) is 10.9. The van der Waals surface area contributed by atoms with E-state index in [0.717, 1.165) is 10.9 Å². The van der Waals surface area contributed by atoms with Gasteiger partial charge in [0.2, 0.25) is 15.9 Å². The number of anilines is 1. The molecule has 51 heavy (non-hydrogen) atoms. The Hall–Kier alpha value is -4.13. The van der Waals surface area contributed by atoms with Crippen LogP contribution in [0.2, 0.25) is 0 Å². The van der Waals surface area contributed by atoms with E-state index in [-0.39, 0.29) is 36.0 Å². The summed E-state index contributed by atoms with van der Waals surface area (Å²) in [7, 11) is -2.71. The molecule has 1 saturated heterocycles. The van der Waals surface area contributed by atoms with Gasteiger partial charge in [-0.1, -0.05) is 46.9 Å². The average Bonchev–Trinajstić information content (AvgIpc) is 3.46. The number of alkyl halides is 1. The summed E-state index contributed by atoms with van der Waals surface area (Å²) < 4.78 is 63.8. The van der Waals surface area contributed by atoms with Gasteiger partial charge in [-0.3, -0.25) is 14.2 Å². The van der Waals surface area contributed by atoms with Gasteiger partial charge in [-0.2, -0.15) is 14.5 Å². The maximum Gasteiger partial charge on any atom is 0.269 e. The van der Waals surface area contributed by atoms with Crippen molar-refractivity contribution < 1.29 is 21.6 Å². The van der Waals surface area contributed by atoms with E-state index < -0.39 is 30.2 Å². The van der Waals surface area contributed by atoms with Gasteiger partial charge in [0.05, 0.1) is 50.5 Å². The van der Waals surface area contributed by atoms with Crippen LogP contribution in [0.25, 0.3) is 44.3 Å². The molecule has 0 radical (unpaired) electrons. The quantitative estimate of drug-likeness (QED) is 0.170. The SMILES string of the molecule is CN1C(=O)C2(CCN(S(=O)(=O)C3(CI)CC3)C2)c2c1cnc1c2c(-c2ccc3c(cnn3C)c2)c(-c2cnn(C)c2)n1S(=O)(=O)c1ccccc1. The molecule has 262 valence electrons. The predicted octanol–water partition coefficient (Wildman–Crippen LogP) is 4.44. The van der Waals surface area contributed by atoms with E-state index in [0.29, 0.717) is 56.3 Å². The van der Waals surface area contributed by atoms with Gasteiger partial charge in [0, 0.05) is 72.3 Å². The zero-order valence-electron chi connectivity index (χ0n) is 28.0. The number of rotatable bonds is 7. The molecular formula is C35H33IN8O5S2. The molecule has 1 amide bonds. The summed E-state index contributed by atoms with van der Waals surface area (Å²) in [4.78, 5) is 21.0. The number of likely N-dealkylation sites (N-methyl/N-ethyl adjacent to an activating group) is 1. The van der Waals surface area contributed by atoms with Crippen LogP contribution in [-0.4, -0.2) is 84.9 Å². The molecule has 1 aliphatic carbocycles. The lowest BCUT2D eigenvalue weighted by Gasteiger charge is -2.26. The maximum atomic E-state index is 14.9. The summed E-state index contributed by atoms with van der Waals surface area (Å²) in [6, 6.07) is 14.0. The van der Waals surface area contributed by atoms with E-state index in [9.17, 15) is 21.6 Å². The topological polar surface area (TPSA) is 145 Å². The first kappa shape index (κ1) is 32.8. The summed E-state index contributed by atoms with van der Waals surface area (Å²) >= 11 is 2.15. The van der Waals surface area contributed by atoms with Crippen LogP contribution < -0.4 is 4.90 Å². The zero-order valence-corrected chi connectivity index (χ0v) is 31.8. The lowest BCUT2D eigenvalue weighted by Crippen LogP contribution is -2.45. The average molecular weight is 837 g/mol. The van der Waals surface area contributed by atoms with Gasteiger partial charge in [0.1, 0.15) is 0 Å². The number of amides is 1. The number of aromatic nitrogens is 6. The Bertz CT molecular complexity index is 2680. The highest BCUT2D eigenvalue weighted by molar-refractivity contribution is 14.1. The second-order valence-corrected chi connectivity index (χ2v) is 18.7. The Kier molecular flexibility index (Phi) is 7.03. The highest BCUT2D eigenvalue weighted by Gasteiger charge is 2.62. The normalized spacial score (nSPS) is 20.3. The zero-order chi connectivity index (χ0) is 35.7. The summed E-state index contributed by atoms with van der Waals surface area (Å²) in [6.45, 7) is 0.141. The molecule has 0 bridgehead atoms. The van der Waals surface area contributed by atoms with Crippen molar-refractivity contribution in [1.29, 1.82) is 0 Å². The number of halogens is 1. The van der Waals surface area contributed by atoms with Crippen molar-refractivity contribution in [3.63, 3.8) is 0 Å².